The number of aromatic carboxylic acids is 1. The van der Waals surface area contributed by atoms with E-state index >= 15 is 0 Å². The van der Waals surface area contributed by atoms with E-state index in [-0.39, 0.29) is 12.2 Å². The molecule has 0 aliphatic carbocycles. The molecule has 0 radical (unpaired) electrons. The van der Waals surface area contributed by atoms with Crippen molar-refractivity contribution in [2.45, 2.75) is 12.5 Å². The van der Waals surface area contributed by atoms with E-state index in [9.17, 15) is 14.3 Å². The second kappa shape index (κ2) is 6.93. The molecule has 0 aliphatic rings. The zero-order chi connectivity index (χ0) is 13.5. The minimum atomic E-state index is -1.20. The Labute approximate surface area is 104 Å². The molecule has 3 N–H and O–H groups in total. The molecular formula is C12H16FNO4. The Balaban J connectivity index is 2.59. The number of carboxylic acids is 1. The fourth-order valence-corrected chi connectivity index (χ4v) is 1.50. The molecule has 0 aromatic heterocycles. The highest BCUT2D eigenvalue weighted by atomic mass is 19.1. The number of nitrogens with one attached hydrogen (secondary N) is 1. The van der Waals surface area contributed by atoms with Gasteiger partial charge in [0.1, 0.15) is 5.82 Å². The lowest BCUT2D eigenvalue weighted by Gasteiger charge is -2.12. The molecule has 0 saturated heterocycles. The molecule has 1 rings (SSSR count). The average molecular weight is 257 g/mol. The van der Waals surface area contributed by atoms with Gasteiger partial charge in [-0.1, -0.05) is 0 Å². The Hall–Kier alpha value is -1.66. The van der Waals surface area contributed by atoms with E-state index in [4.69, 9.17) is 9.84 Å². The van der Waals surface area contributed by atoms with Crippen molar-refractivity contribution in [1.29, 1.82) is 0 Å². The van der Waals surface area contributed by atoms with E-state index in [2.05, 4.69) is 5.32 Å². The third-order valence-corrected chi connectivity index (χ3v) is 2.36. The van der Waals surface area contributed by atoms with Crippen molar-refractivity contribution >= 4 is 11.7 Å². The maximum atomic E-state index is 12.9. The number of halogens is 1. The minimum absolute atomic E-state index is 0.128. The number of ether oxygens (including phenoxy) is 1. The minimum Gasteiger partial charge on any atom is -0.478 e. The SMILES string of the molecule is COCC(O)CCNc1ccc(F)cc1C(=O)O. The first-order valence-corrected chi connectivity index (χ1v) is 5.48. The van der Waals surface area contributed by atoms with Crippen molar-refractivity contribution in [1.82, 2.24) is 0 Å². The highest BCUT2D eigenvalue weighted by Crippen LogP contribution is 2.17. The number of rotatable bonds is 7. The molecule has 1 aromatic rings. The van der Waals surface area contributed by atoms with Crippen molar-refractivity contribution in [3.63, 3.8) is 0 Å². The smallest absolute Gasteiger partial charge is 0.337 e. The molecule has 0 saturated carbocycles. The maximum Gasteiger partial charge on any atom is 0.337 e. The summed E-state index contributed by atoms with van der Waals surface area (Å²) < 4.78 is 17.7. The molecule has 0 amide bonds. The molecule has 6 heteroatoms. The van der Waals surface area contributed by atoms with E-state index in [0.717, 1.165) is 6.07 Å². The number of carbonyl (C=O) groups is 1. The Morgan fingerprint density at radius 1 is 1.56 bits per heavy atom. The summed E-state index contributed by atoms with van der Waals surface area (Å²) in [5.41, 5.74) is 0.199. The molecule has 0 aliphatic heterocycles. The molecule has 0 fully saturated rings. The molecule has 1 unspecified atom stereocenters. The summed E-state index contributed by atoms with van der Waals surface area (Å²) in [6, 6.07) is 3.50. The van der Waals surface area contributed by atoms with Gasteiger partial charge < -0.3 is 20.3 Å². The molecule has 0 spiro atoms. The van der Waals surface area contributed by atoms with Gasteiger partial charge in [-0.3, -0.25) is 0 Å². The summed E-state index contributed by atoms with van der Waals surface area (Å²) in [7, 11) is 1.49. The van der Waals surface area contributed by atoms with Crippen LogP contribution in [0.5, 0.6) is 0 Å². The molecule has 0 heterocycles. The van der Waals surface area contributed by atoms with Gasteiger partial charge in [-0.2, -0.15) is 0 Å². The summed E-state index contributed by atoms with van der Waals surface area (Å²) in [6.07, 6.45) is -0.208. The van der Waals surface area contributed by atoms with Crippen molar-refractivity contribution in [3.05, 3.63) is 29.6 Å². The van der Waals surface area contributed by atoms with Crippen molar-refractivity contribution in [3.8, 4) is 0 Å². The molecule has 1 atom stereocenters. The number of aliphatic hydroxyl groups excluding tert-OH is 1. The normalized spacial score (nSPS) is 12.2. The van der Waals surface area contributed by atoms with E-state index in [1.807, 2.05) is 0 Å². The van der Waals surface area contributed by atoms with E-state index in [1.165, 1.54) is 19.2 Å². The number of hydrogen-bond donors (Lipinski definition) is 3. The fourth-order valence-electron chi connectivity index (χ4n) is 1.50. The van der Waals surface area contributed by atoms with Gasteiger partial charge in [-0.25, -0.2) is 9.18 Å². The Bertz CT molecular complexity index is 411. The van der Waals surface area contributed by atoms with Crippen LogP contribution in [0.3, 0.4) is 0 Å². The average Bonchev–Trinajstić information content (AvgIpc) is 2.31. The number of hydrogen-bond acceptors (Lipinski definition) is 4. The van der Waals surface area contributed by atoms with Gasteiger partial charge in [0.2, 0.25) is 0 Å². The first kappa shape index (κ1) is 14.4. The maximum absolute atomic E-state index is 12.9. The van der Waals surface area contributed by atoms with Crippen LogP contribution in [0.25, 0.3) is 0 Å². The van der Waals surface area contributed by atoms with Crippen LogP contribution in [0.15, 0.2) is 18.2 Å². The number of aliphatic hydroxyl groups is 1. The fraction of sp³-hybridized carbons (Fsp3) is 0.417. The first-order valence-electron chi connectivity index (χ1n) is 5.48. The van der Waals surface area contributed by atoms with Crippen LogP contribution in [0.2, 0.25) is 0 Å². The second-order valence-corrected chi connectivity index (χ2v) is 3.82. The van der Waals surface area contributed by atoms with E-state index in [1.54, 1.807) is 0 Å². The van der Waals surface area contributed by atoms with Gasteiger partial charge in [0.25, 0.3) is 0 Å². The van der Waals surface area contributed by atoms with Crippen LogP contribution in [0.1, 0.15) is 16.8 Å². The number of anilines is 1. The molecule has 0 bridgehead atoms. The molecular weight excluding hydrogens is 241 g/mol. The molecule has 1 aromatic carbocycles. The van der Waals surface area contributed by atoms with Crippen LogP contribution in [0.4, 0.5) is 10.1 Å². The van der Waals surface area contributed by atoms with Gasteiger partial charge >= 0.3 is 5.97 Å². The second-order valence-electron chi connectivity index (χ2n) is 3.82. The van der Waals surface area contributed by atoms with Crippen molar-refractivity contribution in [2.75, 3.05) is 25.6 Å². The largest absolute Gasteiger partial charge is 0.478 e. The van der Waals surface area contributed by atoms with Gasteiger partial charge in [0.15, 0.2) is 0 Å². The first-order chi connectivity index (χ1) is 8.54. The predicted molar refractivity (Wildman–Crippen MR) is 64.3 cm³/mol. The Kier molecular flexibility index (Phi) is 5.54. The van der Waals surface area contributed by atoms with Gasteiger partial charge in [0, 0.05) is 19.3 Å². The number of carboxylic acid groups (broad SMARTS) is 1. The Morgan fingerprint density at radius 2 is 2.28 bits per heavy atom. The Morgan fingerprint density at radius 3 is 2.89 bits per heavy atom. The molecule has 100 valence electrons. The van der Waals surface area contributed by atoms with E-state index < -0.39 is 17.9 Å². The van der Waals surface area contributed by atoms with Crippen LogP contribution in [0, 0.1) is 5.82 Å². The van der Waals surface area contributed by atoms with Gasteiger partial charge in [0.05, 0.1) is 18.3 Å². The van der Waals surface area contributed by atoms with Crippen molar-refractivity contribution in [2.24, 2.45) is 0 Å². The lowest BCUT2D eigenvalue weighted by atomic mass is 10.1. The number of benzene rings is 1. The standard InChI is InChI=1S/C12H16FNO4/c1-18-7-9(15)4-5-14-11-3-2-8(13)6-10(11)12(16)17/h2-3,6,9,14-15H,4-5,7H2,1H3,(H,16,17). The highest BCUT2D eigenvalue weighted by Gasteiger charge is 2.11. The zero-order valence-electron chi connectivity index (χ0n) is 10.0. The van der Waals surface area contributed by atoms with E-state index in [0.29, 0.717) is 18.7 Å². The summed E-state index contributed by atoms with van der Waals surface area (Å²) in [5, 5.41) is 21.2. The zero-order valence-corrected chi connectivity index (χ0v) is 10.0. The van der Waals surface area contributed by atoms with Crippen LogP contribution >= 0.6 is 0 Å². The summed E-state index contributed by atoms with van der Waals surface area (Å²) in [6.45, 7) is 0.591. The quantitative estimate of drug-likeness (QED) is 0.687. The lowest BCUT2D eigenvalue weighted by molar-refractivity contribution is 0.0615. The summed E-state index contributed by atoms with van der Waals surface area (Å²) in [4.78, 5) is 10.9. The van der Waals surface area contributed by atoms with Crippen LogP contribution < -0.4 is 5.32 Å². The molecule has 18 heavy (non-hydrogen) atoms. The molecule has 5 nitrogen and oxygen atoms in total. The van der Waals surface area contributed by atoms with Gasteiger partial charge in [-0.15, -0.1) is 0 Å². The third-order valence-electron chi connectivity index (χ3n) is 2.36. The van der Waals surface area contributed by atoms with Crippen LogP contribution in [-0.2, 0) is 4.74 Å². The van der Waals surface area contributed by atoms with Crippen molar-refractivity contribution < 1.29 is 24.1 Å². The van der Waals surface area contributed by atoms with Gasteiger partial charge in [-0.05, 0) is 24.6 Å². The highest BCUT2D eigenvalue weighted by molar-refractivity contribution is 5.94. The van der Waals surface area contributed by atoms with Crippen LogP contribution in [-0.4, -0.2) is 42.5 Å². The number of methoxy groups -OCH3 is 1. The predicted octanol–water partition coefficient (Wildman–Crippen LogP) is 1.33. The monoisotopic (exact) mass is 257 g/mol. The third kappa shape index (κ3) is 4.31. The summed E-state index contributed by atoms with van der Waals surface area (Å²) >= 11 is 0. The lowest BCUT2D eigenvalue weighted by Crippen LogP contribution is -2.19. The summed E-state index contributed by atoms with van der Waals surface area (Å²) in [5.74, 6) is -1.80. The topological polar surface area (TPSA) is 78.8 Å².